The molecule has 1 aliphatic heterocycles. The number of nitrogens with one attached hydrogen (secondary N) is 1. The molecule has 2 aromatic rings. The number of halogens is 3. The van der Waals surface area contributed by atoms with Crippen molar-refractivity contribution >= 4 is 64.0 Å². The van der Waals surface area contributed by atoms with Crippen molar-refractivity contribution in [3.8, 4) is 0 Å². The number of benzene rings is 2. The van der Waals surface area contributed by atoms with Crippen LogP contribution in [0.1, 0.15) is 29.3 Å². The lowest BCUT2D eigenvalue weighted by molar-refractivity contribution is 0.102. The van der Waals surface area contributed by atoms with E-state index < -0.39 is 0 Å². The van der Waals surface area contributed by atoms with Gasteiger partial charge < -0.3 is 9.62 Å². The number of hydrogen-bond donors (Lipinski definition) is 1. The Kier molecular flexibility index (Phi) is 6.05. The number of amides is 1. The van der Waals surface area contributed by atoms with Crippen LogP contribution in [0.4, 0.5) is 11.4 Å². The van der Waals surface area contributed by atoms with Crippen LogP contribution in [0.25, 0.3) is 0 Å². The summed E-state index contributed by atoms with van der Waals surface area (Å²) in [5.74, 6) is 0.756. The van der Waals surface area contributed by atoms with Crippen LogP contribution in [0, 0.1) is 0 Å². The Balaban J connectivity index is 1.90. The van der Waals surface area contributed by atoms with Crippen LogP contribution in [0.3, 0.4) is 0 Å². The van der Waals surface area contributed by atoms with Crippen LogP contribution in [0.15, 0.2) is 30.3 Å². The average Bonchev–Trinajstić information content (AvgIpc) is 3.11. The second kappa shape index (κ2) is 8.09. The summed E-state index contributed by atoms with van der Waals surface area (Å²) in [5, 5.41) is 4.08. The van der Waals surface area contributed by atoms with Crippen molar-refractivity contribution < 1.29 is 4.79 Å². The van der Waals surface area contributed by atoms with Crippen molar-refractivity contribution in [3.63, 3.8) is 0 Å². The molecule has 25 heavy (non-hydrogen) atoms. The molecule has 1 heterocycles. The summed E-state index contributed by atoms with van der Waals surface area (Å²) in [6.45, 7) is 2.96. The first kappa shape index (κ1) is 18.7. The van der Waals surface area contributed by atoms with E-state index in [0.717, 1.165) is 36.4 Å². The summed E-state index contributed by atoms with van der Waals surface area (Å²) in [6.07, 6.45) is 1.94. The predicted molar refractivity (Wildman–Crippen MR) is 110 cm³/mol. The van der Waals surface area contributed by atoms with E-state index in [9.17, 15) is 4.79 Å². The third-order valence-corrected chi connectivity index (χ3v) is 6.12. The predicted octanol–water partition coefficient (Wildman–Crippen LogP) is 6.32. The van der Waals surface area contributed by atoms with Gasteiger partial charge in [-0.1, -0.05) is 41.7 Å². The van der Waals surface area contributed by atoms with Gasteiger partial charge in [-0.15, -0.1) is 0 Å². The highest BCUT2D eigenvalue weighted by atomic mass is 35.5. The first-order chi connectivity index (χ1) is 12.0. The largest absolute Gasteiger partial charge is 0.322 e. The molecule has 1 aliphatic rings. The van der Waals surface area contributed by atoms with Gasteiger partial charge in [0.05, 0.1) is 15.6 Å². The molecule has 0 atom stereocenters. The minimum absolute atomic E-state index is 0.254. The smallest absolute Gasteiger partial charge is 0.257 e. The molecule has 2 aromatic carbocycles. The zero-order valence-corrected chi connectivity index (χ0v) is 16.7. The van der Waals surface area contributed by atoms with Gasteiger partial charge in [-0.2, -0.15) is 0 Å². The molecule has 1 amide bonds. The van der Waals surface area contributed by atoms with Gasteiger partial charge in [-0.3, -0.25) is 4.79 Å². The lowest BCUT2D eigenvalue weighted by Gasteiger charge is -2.18. The fourth-order valence-electron chi connectivity index (χ4n) is 2.66. The van der Waals surface area contributed by atoms with Gasteiger partial charge in [-0.05, 0) is 60.7 Å². The van der Waals surface area contributed by atoms with Gasteiger partial charge in [0.2, 0.25) is 0 Å². The van der Waals surface area contributed by atoms with E-state index in [-0.39, 0.29) is 10.9 Å². The molecular weight excluding hydrogens is 399 g/mol. The topological polar surface area (TPSA) is 32.3 Å². The first-order valence-corrected chi connectivity index (χ1v) is 10.1. The van der Waals surface area contributed by atoms with Crippen LogP contribution >= 0.6 is 46.8 Å². The maximum absolute atomic E-state index is 12.7. The summed E-state index contributed by atoms with van der Waals surface area (Å²) in [7, 11) is 0. The van der Waals surface area contributed by atoms with E-state index in [1.54, 1.807) is 30.1 Å². The highest BCUT2D eigenvalue weighted by Crippen LogP contribution is 2.36. The molecular formula is C18H17Cl3N2OS. The highest BCUT2D eigenvalue weighted by Gasteiger charge is 2.20. The van der Waals surface area contributed by atoms with E-state index in [1.165, 1.54) is 0 Å². The molecule has 0 spiro atoms. The summed E-state index contributed by atoms with van der Waals surface area (Å²) >= 11 is 20.4. The molecule has 7 heteroatoms. The second-order valence-electron chi connectivity index (χ2n) is 5.73. The lowest BCUT2D eigenvalue weighted by Crippen LogP contribution is -2.15. The van der Waals surface area contributed by atoms with E-state index >= 15 is 0 Å². The molecule has 1 fully saturated rings. The molecule has 0 radical (unpaired) electrons. The van der Waals surface area contributed by atoms with Gasteiger partial charge >= 0.3 is 0 Å². The molecule has 0 aliphatic carbocycles. The minimum atomic E-state index is -0.303. The number of rotatable bonds is 4. The molecule has 132 valence electrons. The van der Waals surface area contributed by atoms with Crippen LogP contribution in [-0.4, -0.2) is 18.2 Å². The minimum Gasteiger partial charge on any atom is -0.322 e. The van der Waals surface area contributed by atoms with E-state index in [4.69, 9.17) is 34.8 Å². The fourth-order valence-corrected chi connectivity index (χ4v) is 4.32. The Morgan fingerprint density at radius 3 is 2.68 bits per heavy atom. The Bertz CT molecular complexity index is 807. The van der Waals surface area contributed by atoms with Gasteiger partial charge in [0.15, 0.2) is 0 Å². The second-order valence-corrected chi connectivity index (χ2v) is 8.06. The number of aryl methyl sites for hydroxylation is 1. The Morgan fingerprint density at radius 2 is 2.00 bits per heavy atom. The van der Waals surface area contributed by atoms with Gasteiger partial charge in [-0.25, -0.2) is 0 Å². The molecule has 0 aromatic heterocycles. The number of carbonyl (C=O) groups is 1. The molecule has 1 N–H and O–H groups in total. The van der Waals surface area contributed by atoms with Crippen molar-refractivity contribution in [2.75, 3.05) is 21.9 Å². The Hall–Kier alpha value is -1.07. The zero-order valence-electron chi connectivity index (χ0n) is 13.6. The third kappa shape index (κ3) is 4.37. The molecule has 3 rings (SSSR count). The van der Waals surface area contributed by atoms with Gasteiger partial charge in [0.25, 0.3) is 5.91 Å². The van der Waals surface area contributed by atoms with Crippen molar-refractivity contribution in [2.45, 2.75) is 19.8 Å². The normalized spacial score (nSPS) is 14.0. The van der Waals surface area contributed by atoms with Crippen molar-refractivity contribution in [1.29, 1.82) is 0 Å². The Labute approximate surface area is 166 Å². The van der Waals surface area contributed by atoms with Crippen LogP contribution in [0.2, 0.25) is 15.1 Å². The summed E-state index contributed by atoms with van der Waals surface area (Å²) < 4.78 is 2.13. The monoisotopic (exact) mass is 414 g/mol. The lowest BCUT2D eigenvalue weighted by atomic mass is 10.1. The molecule has 0 saturated carbocycles. The molecule has 0 unspecified atom stereocenters. The zero-order chi connectivity index (χ0) is 18.0. The van der Waals surface area contributed by atoms with E-state index in [2.05, 4.69) is 9.62 Å². The number of carbonyl (C=O) groups excluding carboxylic acids is 1. The van der Waals surface area contributed by atoms with Crippen molar-refractivity contribution in [1.82, 2.24) is 0 Å². The van der Waals surface area contributed by atoms with E-state index in [1.807, 2.05) is 19.1 Å². The quantitative estimate of drug-likeness (QED) is 0.593. The summed E-state index contributed by atoms with van der Waals surface area (Å²) in [6, 6.07) is 9.08. The van der Waals surface area contributed by atoms with Gasteiger partial charge in [0.1, 0.15) is 0 Å². The van der Waals surface area contributed by atoms with Crippen LogP contribution in [-0.2, 0) is 6.42 Å². The SMILES string of the molecule is CCc1cc(Cl)cc(NC(=O)c2cc(N3CCCS3)cc(Cl)c2Cl)c1. The highest BCUT2D eigenvalue weighted by molar-refractivity contribution is 8.00. The van der Waals surface area contributed by atoms with Crippen molar-refractivity contribution in [2.24, 2.45) is 0 Å². The average molecular weight is 416 g/mol. The number of anilines is 2. The summed E-state index contributed by atoms with van der Waals surface area (Å²) in [4.78, 5) is 12.7. The fraction of sp³-hybridized carbons (Fsp3) is 0.278. The maximum atomic E-state index is 12.7. The third-order valence-electron chi connectivity index (χ3n) is 3.92. The number of nitrogens with zero attached hydrogens (tertiary/aromatic N) is 1. The van der Waals surface area contributed by atoms with Crippen molar-refractivity contribution in [3.05, 3.63) is 56.5 Å². The summed E-state index contributed by atoms with van der Waals surface area (Å²) in [5.41, 5.74) is 2.94. The standard InChI is InChI=1S/C18H17Cl3N2OS/c1-2-11-6-12(19)8-13(7-11)22-18(24)15-9-14(10-16(20)17(15)21)23-4-3-5-25-23/h6-10H,2-5H2,1H3,(H,22,24). The van der Waals surface area contributed by atoms with E-state index in [0.29, 0.717) is 21.3 Å². The first-order valence-electron chi connectivity index (χ1n) is 7.98. The molecule has 1 saturated heterocycles. The van der Waals surface area contributed by atoms with Gasteiger partial charge in [0, 0.05) is 28.7 Å². The van der Waals surface area contributed by atoms with Crippen LogP contribution in [0.5, 0.6) is 0 Å². The number of hydrogen-bond acceptors (Lipinski definition) is 3. The molecule has 0 bridgehead atoms. The maximum Gasteiger partial charge on any atom is 0.257 e. The Morgan fingerprint density at radius 1 is 1.20 bits per heavy atom. The molecule has 3 nitrogen and oxygen atoms in total. The van der Waals surface area contributed by atoms with Crippen LogP contribution < -0.4 is 9.62 Å².